The molecule has 7 nitrogen and oxygen atoms in total. The first-order chi connectivity index (χ1) is 19.2. The standard InChI is InChI=1S/C30H30F2N4O3S/c1-30(29(38)39,13-16-40-2)35-28(37)25-12-11-24(17-26(25)20-3-7-22(31)8-4-20)34-27(18-36-15-14-33-19-36)21-5-9-23(32)10-6-21/h3-12,14-15,17,19,27,34H,13,16,18H2,1-2H3,(H,35,37)(H,38,39)/t27?,30-/m0/s1. The molecule has 0 radical (unpaired) electrons. The lowest BCUT2D eigenvalue weighted by Crippen LogP contribution is -2.52. The van der Waals surface area contributed by atoms with Gasteiger partial charge in [0.25, 0.3) is 5.91 Å². The minimum Gasteiger partial charge on any atom is -0.480 e. The van der Waals surface area contributed by atoms with Gasteiger partial charge in [-0.3, -0.25) is 4.79 Å². The fourth-order valence-electron chi connectivity index (χ4n) is 4.28. The third-order valence-electron chi connectivity index (χ3n) is 6.65. The van der Waals surface area contributed by atoms with Gasteiger partial charge >= 0.3 is 5.97 Å². The average Bonchev–Trinajstić information content (AvgIpc) is 3.45. The monoisotopic (exact) mass is 564 g/mol. The van der Waals surface area contributed by atoms with Crippen LogP contribution in [0.5, 0.6) is 0 Å². The molecule has 1 aromatic heterocycles. The number of anilines is 1. The number of carbonyl (C=O) groups excluding carboxylic acids is 1. The van der Waals surface area contributed by atoms with Crippen LogP contribution in [0.25, 0.3) is 11.1 Å². The number of halogens is 2. The third kappa shape index (κ3) is 7.06. The number of nitrogens with zero attached hydrogens (tertiary/aromatic N) is 2. The quantitative estimate of drug-likeness (QED) is 0.195. The van der Waals surface area contributed by atoms with Crippen molar-refractivity contribution < 1.29 is 23.5 Å². The zero-order chi connectivity index (χ0) is 28.7. The molecule has 0 spiro atoms. The van der Waals surface area contributed by atoms with Crippen LogP contribution in [0.4, 0.5) is 14.5 Å². The third-order valence-corrected chi connectivity index (χ3v) is 7.27. The molecule has 0 fully saturated rings. The summed E-state index contributed by atoms with van der Waals surface area (Å²) in [5.74, 6) is -1.89. The van der Waals surface area contributed by atoms with E-state index < -0.39 is 23.2 Å². The van der Waals surface area contributed by atoms with Gasteiger partial charge in [-0.15, -0.1) is 0 Å². The summed E-state index contributed by atoms with van der Waals surface area (Å²) in [7, 11) is 0. The highest BCUT2D eigenvalue weighted by molar-refractivity contribution is 7.98. The van der Waals surface area contributed by atoms with Crippen molar-refractivity contribution in [3.8, 4) is 11.1 Å². The Kier molecular flexibility index (Phi) is 9.21. The number of imidazole rings is 1. The van der Waals surface area contributed by atoms with E-state index in [1.165, 1.54) is 43.0 Å². The second kappa shape index (κ2) is 12.8. The summed E-state index contributed by atoms with van der Waals surface area (Å²) in [6.07, 6.45) is 7.30. The van der Waals surface area contributed by atoms with Crippen molar-refractivity contribution in [2.45, 2.75) is 31.5 Å². The predicted octanol–water partition coefficient (Wildman–Crippen LogP) is 6.01. The second-order valence-corrected chi connectivity index (χ2v) is 10.6. The molecule has 3 N–H and O–H groups in total. The fourth-order valence-corrected chi connectivity index (χ4v) is 4.90. The number of benzene rings is 3. The maximum atomic E-state index is 13.7. The molecular weight excluding hydrogens is 534 g/mol. The molecule has 0 aliphatic rings. The Morgan fingerprint density at radius 1 is 1.05 bits per heavy atom. The fraction of sp³-hybridized carbons (Fsp3) is 0.233. The molecule has 0 aliphatic carbocycles. The maximum absolute atomic E-state index is 13.7. The van der Waals surface area contributed by atoms with Crippen molar-refractivity contribution in [1.82, 2.24) is 14.9 Å². The highest BCUT2D eigenvalue weighted by Gasteiger charge is 2.35. The van der Waals surface area contributed by atoms with E-state index in [2.05, 4.69) is 15.6 Å². The maximum Gasteiger partial charge on any atom is 0.329 e. The van der Waals surface area contributed by atoms with Gasteiger partial charge in [-0.25, -0.2) is 18.6 Å². The van der Waals surface area contributed by atoms with Crippen molar-refractivity contribution in [2.24, 2.45) is 0 Å². The number of carboxylic acids is 1. The molecule has 0 aliphatic heterocycles. The molecule has 1 unspecified atom stereocenters. The van der Waals surface area contributed by atoms with Gasteiger partial charge in [0, 0.05) is 30.2 Å². The Labute approximate surface area is 235 Å². The van der Waals surface area contributed by atoms with Crippen LogP contribution in [0.1, 0.15) is 35.3 Å². The molecule has 0 bridgehead atoms. The van der Waals surface area contributed by atoms with Crippen LogP contribution in [-0.2, 0) is 11.3 Å². The number of thioether (sulfide) groups is 1. The first-order valence-corrected chi connectivity index (χ1v) is 14.0. The molecule has 2 atom stereocenters. The summed E-state index contributed by atoms with van der Waals surface area (Å²) in [6.45, 7) is 1.98. The van der Waals surface area contributed by atoms with Crippen LogP contribution >= 0.6 is 11.8 Å². The molecule has 1 heterocycles. The van der Waals surface area contributed by atoms with Crippen LogP contribution < -0.4 is 10.6 Å². The topological polar surface area (TPSA) is 96.3 Å². The molecule has 0 saturated heterocycles. The van der Waals surface area contributed by atoms with E-state index in [1.807, 2.05) is 17.0 Å². The van der Waals surface area contributed by atoms with Gasteiger partial charge in [-0.1, -0.05) is 24.3 Å². The summed E-state index contributed by atoms with van der Waals surface area (Å²) >= 11 is 1.49. The number of aromatic nitrogens is 2. The summed E-state index contributed by atoms with van der Waals surface area (Å²) < 4.78 is 29.3. The number of rotatable bonds is 12. The average molecular weight is 565 g/mol. The Bertz CT molecular complexity index is 1450. The lowest BCUT2D eigenvalue weighted by atomic mass is 9.95. The predicted molar refractivity (Wildman–Crippen MR) is 153 cm³/mol. The van der Waals surface area contributed by atoms with Crippen molar-refractivity contribution >= 4 is 29.3 Å². The van der Waals surface area contributed by atoms with Crippen molar-refractivity contribution in [3.05, 3.63) is 108 Å². The lowest BCUT2D eigenvalue weighted by Gasteiger charge is -2.27. The number of amides is 1. The zero-order valence-electron chi connectivity index (χ0n) is 22.1. The van der Waals surface area contributed by atoms with Crippen molar-refractivity contribution in [2.75, 3.05) is 17.3 Å². The molecule has 0 saturated carbocycles. The summed E-state index contributed by atoms with van der Waals surface area (Å²) in [4.78, 5) is 29.6. The second-order valence-electron chi connectivity index (χ2n) is 9.61. The van der Waals surface area contributed by atoms with Gasteiger partial charge in [-0.05, 0) is 84.5 Å². The Balaban J connectivity index is 1.71. The molecule has 4 rings (SSSR count). The van der Waals surface area contributed by atoms with Crippen LogP contribution in [0.3, 0.4) is 0 Å². The van der Waals surface area contributed by atoms with E-state index in [0.717, 1.165) is 5.56 Å². The van der Waals surface area contributed by atoms with Crippen molar-refractivity contribution in [3.63, 3.8) is 0 Å². The van der Waals surface area contributed by atoms with E-state index in [0.29, 0.717) is 29.1 Å². The normalized spacial score (nSPS) is 13.3. The van der Waals surface area contributed by atoms with Crippen LogP contribution in [-0.4, -0.2) is 44.1 Å². The van der Waals surface area contributed by atoms with Gasteiger partial charge in [0.15, 0.2) is 0 Å². The number of carbonyl (C=O) groups is 2. The SMILES string of the molecule is CSCC[C@](C)(NC(=O)c1ccc(NC(Cn2ccnc2)c2ccc(F)cc2)cc1-c1ccc(F)cc1)C(=O)O. The number of carboxylic acid groups (broad SMARTS) is 1. The molecule has 40 heavy (non-hydrogen) atoms. The Hall–Kier alpha value is -4.18. The number of hydrogen-bond acceptors (Lipinski definition) is 5. The van der Waals surface area contributed by atoms with Crippen LogP contribution in [0, 0.1) is 11.6 Å². The zero-order valence-corrected chi connectivity index (χ0v) is 22.9. The largest absolute Gasteiger partial charge is 0.480 e. The summed E-state index contributed by atoms with van der Waals surface area (Å²) in [5, 5.41) is 16.0. The molecule has 10 heteroatoms. The smallest absolute Gasteiger partial charge is 0.329 e. The van der Waals surface area contributed by atoms with Crippen LogP contribution in [0.15, 0.2) is 85.5 Å². The highest BCUT2D eigenvalue weighted by atomic mass is 32.2. The van der Waals surface area contributed by atoms with Gasteiger partial charge in [0.05, 0.1) is 12.4 Å². The first-order valence-electron chi connectivity index (χ1n) is 12.6. The van der Waals surface area contributed by atoms with Crippen LogP contribution in [0.2, 0.25) is 0 Å². The summed E-state index contributed by atoms with van der Waals surface area (Å²) in [6, 6.07) is 16.8. The minimum atomic E-state index is -1.46. The van der Waals surface area contributed by atoms with Gasteiger partial charge < -0.3 is 20.3 Å². The molecule has 208 valence electrons. The summed E-state index contributed by atoms with van der Waals surface area (Å²) in [5.41, 5.74) is 1.38. The number of nitrogens with one attached hydrogen (secondary N) is 2. The first kappa shape index (κ1) is 28.8. The molecule has 3 aromatic carbocycles. The van der Waals surface area contributed by atoms with Gasteiger partial charge in [-0.2, -0.15) is 11.8 Å². The van der Waals surface area contributed by atoms with E-state index in [1.54, 1.807) is 55.0 Å². The minimum absolute atomic E-state index is 0.244. The van der Waals surface area contributed by atoms with E-state index in [-0.39, 0.29) is 23.8 Å². The number of hydrogen-bond donors (Lipinski definition) is 3. The Morgan fingerprint density at radius 3 is 2.33 bits per heavy atom. The Morgan fingerprint density at radius 2 is 1.73 bits per heavy atom. The molecule has 4 aromatic rings. The number of aliphatic carboxylic acids is 1. The van der Waals surface area contributed by atoms with E-state index >= 15 is 0 Å². The molecular formula is C30H30F2N4O3S. The van der Waals surface area contributed by atoms with Crippen molar-refractivity contribution in [1.29, 1.82) is 0 Å². The van der Waals surface area contributed by atoms with Gasteiger partial charge in [0.2, 0.25) is 0 Å². The molecule has 1 amide bonds. The highest BCUT2D eigenvalue weighted by Crippen LogP contribution is 2.31. The lowest BCUT2D eigenvalue weighted by molar-refractivity contribution is -0.143. The van der Waals surface area contributed by atoms with E-state index in [4.69, 9.17) is 0 Å². The van der Waals surface area contributed by atoms with Gasteiger partial charge in [0.1, 0.15) is 17.2 Å². The van der Waals surface area contributed by atoms with E-state index in [9.17, 15) is 23.5 Å².